The minimum Gasteiger partial charge on any atom is -0.469 e. The first-order chi connectivity index (χ1) is 12.1. The molecule has 0 spiro atoms. The Labute approximate surface area is 150 Å². The molecule has 0 bridgehead atoms. The van der Waals surface area contributed by atoms with Crippen LogP contribution in [0.2, 0.25) is 0 Å². The van der Waals surface area contributed by atoms with Gasteiger partial charge in [-0.05, 0) is 38.3 Å². The van der Waals surface area contributed by atoms with Crippen LogP contribution in [-0.4, -0.2) is 34.8 Å². The van der Waals surface area contributed by atoms with E-state index in [1.807, 2.05) is 29.3 Å². The second kappa shape index (κ2) is 6.63. The van der Waals surface area contributed by atoms with Gasteiger partial charge in [0.25, 0.3) is 0 Å². The molecule has 25 heavy (non-hydrogen) atoms. The van der Waals surface area contributed by atoms with Crippen molar-refractivity contribution in [3.8, 4) is 0 Å². The van der Waals surface area contributed by atoms with Crippen LogP contribution in [0.25, 0.3) is 0 Å². The van der Waals surface area contributed by atoms with E-state index in [1.54, 1.807) is 6.26 Å². The van der Waals surface area contributed by atoms with Gasteiger partial charge in [-0.25, -0.2) is 4.98 Å². The Morgan fingerprint density at radius 3 is 2.80 bits per heavy atom. The Morgan fingerprint density at radius 2 is 2.16 bits per heavy atom. The molecular weight excluding hydrogens is 338 g/mol. The number of carbonyl (C=O) groups excluding carboxylic acids is 2. The van der Waals surface area contributed by atoms with Crippen LogP contribution in [0.15, 0.2) is 28.2 Å². The second-order valence-corrected chi connectivity index (χ2v) is 7.71. The Hall–Kier alpha value is -2.15. The zero-order valence-electron chi connectivity index (χ0n) is 14.1. The maximum atomic E-state index is 12.6. The molecule has 1 aliphatic heterocycles. The third-order valence-corrected chi connectivity index (χ3v) is 5.92. The number of rotatable bonds is 4. The smallest absolute Gasteiger partial charge is 0.229 e. The number of thiazole rings is 1. The van der Waals surface area contributed by atoms with E-state index in [1.165, 1.54) is 11.3 Å². The van der Waals surface area contributed by atoms with Gasteiger partial charge in [-0.15, -0.1) is 11.3 Å². The molecule has 6 nitrogen and oxygen atoms in total. The fraction of sp³-hybridized carbons (Fsp3) is 0.500. The van der Waals surface area contributed by atoms with E-state index in [2.05, 4.69) is 10.3 Å². The van der Waals surface area contributed by atoms with Crippen molar-refractivity contribution >= 4 is 28.3 Å². The predicted molar refractivity (Wildman–Crippen MR) is 94.3 cm³/mol. The van der Waals surface area contributed by atoms with Crippen LogP contribution in [0.4, 0.5) is 5.13 Å². The lowest BCUT2D eigenvalue weighted by Crippen LogP contribution is -2.42. The number of amides is 2. The van der Waals surface area contributed by atoms with Crippen molar-refractivity contribution in [2.75, 3.05) is 18.4 Å². The van der Waals surface area contributed by atoms with E-state index in [0.717, 1.165) is 17.9 Å². The number of carbonyl (C=O) groups is 2. The highest BCUT2D eigenvalue weighted by molar-refractivity contribution is 7.13. The molecule has 1 saturated carbocycles. The highest BCUT2D eigenvalue weighted by Crippen LogP contribution is 2.48. The molecule has 2 atom stereocenters. The summed E-state index contributed by atoms with van der Waals surface area (Å²) in [7, 11) is 0. The van der Waals surface area contributed by atoms with Gasteiger partial charge in [0.05, 0.1) is 12.0 Å². The first-order valence-electron chi connectivity index (χ1n) is 8.67. The summed E-state index contributed by atoms with van der Waals surface area (Å²) in [5.41, 5.74) is 0.913. The molecule has 2 amide bonds. The van der Waals surface area contributed by atoms with E-state index in [-0.39, 0.29) is 29.6 Å². The van der Waals surface area contributed by atoms with Crippen molar-refractivity contribution in [1.82, 2.24) is 9.88 Å². The van der Waals surface area contributed by atoms with Gasteiger partial charge in [-0.2, -0.15) is 0 Å². The van der Waals surface area contributed by atoms with Crippen molar-refractivity contribution in [1.29, 1.82) is 0 Å². The summed E-state index contributed by atoms with van der Waals surface area (Å²) in [5, 5.41) is 5.46. The normalized spacial score (nSPS) is 23.5. The average molecular weight is 359 g/mol. The van der Waals surface area contributed by atoms with E-state index < -0.39 is 0 Å². The highest BCUT2D eigenvalue weighted by Gasteiger charge is 2.48. The molecule has 1 N–H and O–H groups in total. The molecule has 4 rings (SSSR count). The number of anilines is 1. The summed E-state index contributed by atoms with van der Waals surface area (Å²) in [6, 6.07) is 3.80. The summed E-state index contributed by atoms with van der Waals surface area (Å²) in [6.45, 7) is 3.20. The maximum Gasteiger partial charge on any atom is 0.229 e. The van der Waals surface area contributed by atoms with Crippen molar-refractivity contribution in [2.45, 2.75) is 32.1 Å². The Morgan fingerprint density at radius 1 is 1.36 bits per heavy atom. The minimum atomic E-state index is -0.0478. The van der Waals surface area contributed by atoms with Gasteiger partial charge in [-0.3, -0.25) is 9.59 Å². The maximum absolute atomic E-state index is 12.6. The zero-order valence-corrected chi connectivity index (χ0v) is 14.9. The second-order valence-electron chi connectivity index (χ2n) is 6.85. The molecule has 1 saturated heterocycles. The molecule has 3 heterocycles. The number of nitrogens with zero attached hydrogens (tertiary/aromatic N) is 2. The number of piperidine rings is 1. The van der Waals surface area contributed by atoms with Crippen LogP contribution in [0, 0.1) is 18.8 Å². The molecule has 1 aliphatic carbocycles. The lowest BCUT2D eigenvalue weighted by atomic mass is 9.95. The summed E-state index contributed by atoms with van der Waals surface area (Å²) in [6.07, 6.45) is 3.94. The van der Waals surface area contributed by atoms with Crippen molar-refractivity contribution in [3.63, 3.8) is 0 Å². The van der Waals surface area contributed by atoms with Crippen molar-refractivity contribution in [3.05, 3.63) is 35.2 Å². The summed E-state index contributed by atoms with van der Waals surface area (Å²) >= 11 is 1.44. The third-order valence-electron chi connectivity index (χ3n) is 5.04. The number of likely N-dealkylation sites (tertiary alicyclic amines) is 1. The first kappa shape index (κ1) is 16.3. The molecule has 7 heteroatoms. The molecule has 2 aromatic heterocycles. The summed E-state index contributed by atoms with van der Waals surface area (Å²) in [5.74, 6) is 1.36. The van der Waals surface area contributed by atoms with Gasteiger partial charge in [0.1, 0.15) is 5.76 Å². The van der Waals surface area contributed by atoms with Crippen LogP contribution >= 0.6 is 11.3 Å². The zero-order chi connectivity index (χ0) is 17.4. The van der Waals surface area contributed by atoms with Crippen LogP contribution in [0.5, 0.6) is 0 Å². The Kier molecular flexibility index (Phi) is 4.33. The van der Waals surface area contributed by atoms with Gasteiger partial charge in [-0.1, -0.05) is 0 Å². The average Bonchev–Trinajstić information content (AvgIpc) is 3.02. The van der Waals surface area contributed by atoms with E-state index in [4.69, 9.17) is 4.42 Å². The van der Waals surface area contributed by atoms with Crippen LogP contribution in [0.1, 0.15) is 36.6 Å². The van der Waals surface area contributed by atoms with Gasteiger partial charge in [0.2, 0.25) is 11.8 Å². The first-order valence-corrected chi connectivity index (χ1v) is 9.55. The van der Waals surface area contributed by atoms with E-state index in [9.17, 15) is 9.59 Å². The minimum absolute atomic E-state index is 0.0151. The van der Waals surface area contributed by atoms with Crippen molar-refractivity contribution < 1.29 is 14.0 Å². The van der Waals surface area contributed by atoms with Crippen LogP contribution in [-0.2, 0) is 9.59 Å². The Bertz CT molecular complexity index is 762. The topological polar surface area (TPSA) is 75.4 Å². The summed E-state index contributed by atoms with van der Waals surface area (Å²) in [4.78, 5) is 31.1. The van der Waals surface area contributed by atoms with E-state index >= 15 is 0 Å². The third kappa shape index (κ3) is 3.46. The molecule has 0 radical (unpaired) electrons. The Balaban J connectivity index is 1.27. The lowest BCUT2D eigenvalue weighted by Gasteiger charge is -2.31. The molecule has 0 aromatic carbocycles. The molecule has 2 aromatic rings. The van der Waals surface area contributed by atoms with E-state index in [0.29, 0.717) is 31.1 Å². The van der Waals surface area contributed by atoms with Gasteiger partial charge in [0, 0.05) is 36.2 Å². The fourth-order valence-electron chi connectivity index (χ4n) is 3.50. The number of hydrogen-bond donors (Lipinski definition) is 1. The number of furan rings is 1. The van der Waals surface area contributed by atoms with Gasteiger partial charge >= 0.3 is 0 Å². The number of nitrogens with one attached hydrogen (secondary N) is 1. The standard InChI is InChI=1S/C18H21N3O3S/c1-11-10-25-18(19-11)20-16(22)12-4-6-21(7-5-12)17(23)14-9-13(14)15-3-2-8-24-15/h2-3,8,10,12-14H,4-7,9H2,1H3,(H,19,20,22)/t13-,14-/m0/s1. The highest BCUT2D eigenvalue weighted by atomic mass is 32.1. The predicted octanol–water partition coefficient (Wildman–Crippen LogP) is 3.03. The molecular formula is C18H21N3O3S. The monoisotopic (exact) mass is 359 g/mol. The fourth-order valence-corrected chi connectivity index (χ4v) is 4.19. The molecule has 132 valence electrons. The molecule has 0 unspecified atom stereocenters. The van der Waals surface area contributed by atoms with Gasteiger partial charge < -0.3 is 14.6 Å². The number of aromatic nitrogens is 1. The van der Waals surface area contributed by atoms with Gasteiger partial charge in [0.15, 0.2) is 5.13 Å². The van der Waals surface area contributed by atoms with Crippen molar-refractivity contribution in [2.24, 2.45) is 11.8 Å². The van der Waals surface area contributed by atoms with Crippen LogP contribution < -0.4 is 5.32 Å². The summed E-state index contributed by atoms with van der Waals surface area (Å²) < 4.78 is 5.40. The SMILES string of the molecule is Cc1csc(NC(=O)C2CCN(C(=O)[C@H]3C[C@@H]3c3ccco3)CC2)n1. The number of hydrogen-bond acceptors (Lipinski definition) is 5. The molecule has 2 fully saturated rings. The molecule has 2 aliphatic rings. The van der Waals surface area contributed by atoms with Crippen LogP contribution in [0.3, 0.4) is 0 Å². The quantitative estimate of drug-likeness (QED) is 0.910. The largest absolute Gasteiger partial charge is 0.469 e. The lowest BCUT2D eigenvalue weighted by molar-refractivity contribution is -0.135. The number of aryl methyl sites for hydroxylation is 1.